The molecule has 1 N–H and O–H groups in total. The molecule has 0 atom stereocenters. The fourth-order valence-corrected chi connectivity index (χ4v) is 1.31. The Morgan fingerprint density at radius 3 is 2.43 bits per heavy atom. The Bertz CT molecular complexity index is 249. The topological polar surface area (TPSA) is 24.9 Å². The third-order valence-corrected chi connectivity index (χ3v) is 2.05. The second-order valence-electron chi connectivity index (χ2n) is 4.64. The Morgan fingerprint density at radius 2 is 1.86 bits per heavy atom. The molecule has 14 heavy (non-hydrogen) atoms. The van der Waals surface area contributed by atoms with E-state index in [4.69, 9.17) is 0 Å². The average molecular weight is 192 g/mol. The minimum Gasteiger partial charge on any atom is -0.312 e. The second kappa shape index (κ2) is 5.11. The molecule has 78 valence electrons. The zero-order chi connectivity index (χ0) is 10.4. The van der Waals surface area contributed by atoms with Crippen molar-refractivity contribution < 1.29 is 0 Å². The van der Waals surface area contributed by atoms with Crippen LogP contribution in [-0.2, 0) is 6.42 Å². The monoisotopic (exact) mass is 192 g/mol. The van der Waals surface area contributed by atoms with Gasteiger partial charge >= 0.3 is 0 Å². The predicted octanol–water partition coefficient (Wildman–Crippen LogP) is 2.40. The lowest BCUT2D eigenvalue weighted by molar-refractivity contribution is 0.422. The van der Waals surface area contributed by atoms with Gasteiger partial charge in [0.1, 0.15) is 0 Å². The molecule has 0 spiro atoms. The van der Waals surface area contributed by atoms with Crippen LogP contribution in [0.2, 0.25) is 0 Å². The first-order valence-corrected chi connectivity index (χ1v) is 5.22. The molecular formula is C12H20N2. The molecule has 1 aromatic heterocycles. The number of aromatic nitrogens is 1. The van der Waals surface area contributed by atoms with Gasteiger partial charge in [0.05, 0.1) is 0 Å². The highest BCUT2D eigenvalue weighted by Gasteiger charge is 2.06. The molecule has 2 heteroatoms. The van der Waals surface area contributed by atoms with E-state index < -0.39 is 0 Å². The van der Waals surface area contributed by atoms with Crippen molar-refractivity contribution in [3.63, 3.8) is 0 Å². The van der Waals surface area contributed by atoms with Crippen molar-refractivity contribution in [1.29, 1.82) is 0 Å². The van der Waals surface area contributed by atoms with Gasteiger partial charge in [-0.25, -0.2) is 0 Å². The zero-order valence-electron chi connectivity index (χ0n) is 9.38. The lowest BCUT2D eigenvalue weighted by Crippen LogP contribution is -2.36. The first-order valence-electron chi connectivity index (χ1n) is 5.22. The molecule has 0 saturated carbocycles. The maximum atomic E-state index is 4.00. The lowest BCUT2D eigenvalue weighted by Gasteiger charge is -2.20. The van der Waals surface area contributed by atoms with Gasteiger partial charge in [-0.3, -0.25) is 4.98 Å². The molecule has 0 radical (unpaired) electrons. The van der Waals surface area contributed by atoms with Crippen molar-refractivity contribution in [2.24, 2.45) is 0 Å². The van der Waals surface area contributed by atoms with Crippen molar-refractivity contribution in [2.75, 3.05) is 6.54 Å². The minimum absolute atomic E-state index is 0.234. The maximum absolute atomic E-state index is 4.00. The van der Waals surface area contributed by atoms with Gasteiger partial charge in [0.15, 0.2) is 0 Å². The van der Waals surface area contributed by atoms with Crippen LogP contribution in [0.15, 0.2) is 24.5 Å². The molecule has 1 rings (SSSR count). The standard InChI is InChI=1S/C12H20N2/c1-12(2,3)14-8-4-5-11-6-9-13-10-7-11/h6-7,9-10,14H,4-5,8H2,1-3H3. The quantitative estimate of drug-likeness (QED) is 0.741. The summed E-state index contributed by atoms with van der Waals surface area (Å²) in [7, 11) is 0. The minimum atomic E-state index is 0.234. The van der Waals surface area contributed by atoms with Gasteiger partial charge in [0, 0.05) is 17.9 Å². The Labute approximate surface area is 86.8 Å². The van der Waals surface area contributed by atoms with Crippen LogP contribution in [0.4, 0.5) is 0 Å². The maximum Gasteiger partial charge on any atom is 0.0270 e. The van der Waals surface area contributed by atoms with E-state index in [0.29, 0.717) is 0 Å². The van der Waals surface area contributed by atoms with Crippen molar-refractivity contribution in [3.05, 3.63) is 30.1 Å². The summed E-state index contributed by atoms with van der Waals surface area (Å²) in [4.78, 5) is 4.00. The summed E-state index contributed by atoms with van der Waals surface area (Å²) >= 11 is 0. The van der Waals surface area contributed by atoms with E-state index in [1.807, 2.05) is 12.4 Å². The van der Waals surface area contributed by atoms with Crippen molar-refractivity contribution in [3.8, 4) is 0 Å². The van der Waals surface area contributed by atoms with E-state index in [1.54, 1.807) is 0 Å². The summed E-state index contributed by atoms with van der Waals surface area (Å²) in [6.45, 7) is 7.66. The first-order chi connectivity index (χ1) is 6.58. The van der Waals surface area contributed by atoms with Crippen LogP contribution < -0.4 is 5.32 Å². The Kier molecular flexibility index (Phi) is 4.08. The van der Waals surface area contributed by atoms with Crippen LogP contribution in [0.1, 0.15) is 32.8 Å². The molecule has 0 amide bonds. The number of rotatable bonds is 4. The number of nitrogens with one attached hydrogen (secondary N) is 1. The Balaban J connectivity index is 2.17. The fourth-order valence-electron chi connectivity index (χ4n) is 1.31. The molecule has 1 heterocycles. The third kappa shape index (κ3) is 4.97. The highest BCUT2D eigenvalue weighted by molar-refractivity contribution is 5.09. The first kappa shape index (κ1) is 11.2. The summed E-state index contributed by atoms with van der Waals surface area (Å²) in [5.41, 5.74) is 1.61. The molecule has 0 aliphatic rings. The molecule has 0 bridgehead atoms. The Morgan fingerprint density at radius 1 is 1.21 bits per heavy atom. The molecule has 0 fully saturated rings. The third-order valence-electron chi connectivity index (χ3n) is 2.05. The summed E-state index contributed by atoms with van der Waals surface area (Å²) in [5, 5.41) is 3.48. The molecule has 0 aliphatic carbocycles. The Hall–Kier alpha value is -0.890. The van der Waals surface area contributed by atoms with E-state index in [2.05, 4.69) is 43.2 Å². The van der Waals surface area contributed by atoms with Crippen molar-refractivity contribution >= 4 is 0 Å². The molecular weight excluding hydrogens is 172 g/mol. The second-order valence-corrected chi connectivity index (χ2v) is 4.64. The van der Waals surface area contributed by atoms with Crippen LogP contribution in [0, 0.1) is 0 Å². The van der Waals surface area contributed by atoms with E-state index in [-0.39, 0.29) is 5.54 Å². The van der Waals surface area contributed by atoms with E-state index in [0.717, 1.165) is 13.0 Å². The van der Waals surface area contributed by atoms with Gasteiger partial charge in [-0.1, -0.05) is 0 Å². The molecule has 1 aromatic rings. The molecule has 0 aromatic carbocycles. The number of nitrogens with zero attached hydrogens (tertiary/aromatic N) is 1. The highest BCUT2D eigenvalue weighted by Crippen LogP contribution is 2.02. The summed E-state index contributed by atoms with van der Waals surface area (Å²) < 4.78 is 0. The summed E-state index contributed by atoms with van der Waals surface area (Å²) in [6.07, 6.45) is 6.02. The lowest BCUT2D eigenvalue weighted by atomic mass is 10.1. The molecule has 0 aliphatic heterocycles. The SMILES string of the molecule is CC(C)(C)NCCCc1ccncc1. The largest absolute Gasteiger partial charge is 0.312 e. The average Bonchev–Trinajstić information content (AvgIpc) is 2.13. The molecule has 2 nitrogen and oxygen atoms in total. The van der Waals surface area contributed by atoms with Crippen LogP contribution in [-0.4, -0.2) is 17.1 Å². The number of pyridine rings is 1. The smallest absolute Gasteiger partial charge is 0.0270 e. The van der Waals surface area contributed by atoms with Gasteiger partial charge in [-0.05, 0) is 57.9 Å². The van der Waals surface area contributed by atoms with Gasteiger partial charge in [-0.15, -0.1) is 0 Å². The van der Waals surface area contributed by atoms with E-state index in [1.165, 1.54) is 12.0 Å². The van der Waals surface area contributed by atoms with Gasteiger partial charge in [0.25, 0.3) is 0 Å². The number of hydrogen-bond acceptors (Lipinski definition) is 2. The fraction of sp³-hybridized carbons (Fsp3) is 0.583. The number of aryl methyl sites for hydroxylation is 1. The number of hydrogen-bond donors (Lipinski definition) is 1. The van der Waals surface area contributed by atoms with Gasteiger partial charge < -0.3 is 5.32 Å². The highest BCUT2D eigenvalue weighted by atomic mass is 14.9. The normalized spacial score (nSPS) is 11.6. The van der Waals surface area contributed by atoms with Crippen LogP contribution in [0.5, 0.6) is 0 Å². The van der Waals surface area contributed by atoms with Gasteiger partial charge in [0.2, 0.25) is 0 Å². The van der Waals surface area contributed by atoms with Crippen LogP contribution >= 0.6 is 0 Å². The molecule has 0 saturated heterocycles. The van der Waals surface area contributed by atoms with Crippen molar-refractivity contribution in [1.82, 2.24) is 10.3 Å². The van der Waals surface area contributed by atoms with Crippen LogP contribution in [0.3, 0.4) is 0 Å². The zero-order valence-corrected chi connectivity index (χ0v) is 9.38. The predicted molar refractivity (Wildman–Crippen MR) is 60.3 cm³/mol. The van der Waals surface area contributed by atoms with Crippen LogP contribution in [0.25, 0.3) is 0 Å². The van der Waals surface area contributed by atoms with E-state index >= 15 is 0 Å². The summed E-state index contributed by atoms with van der Waals surface area (Å²) in [5.74, 6) is 0. The summed E-state index contributed by atoms with van der Waals surface area (Å²) in [6, 6.07) is 4.16. The van der Waals surface area contributed by atoms with Crippen molar-refractivity contribution in [2.45, 2.75) is 39.2 Å². The van der Waals surface area contributed by atoms with Gasteiger partial charge in [-0.2, -0.15) is 0 Å². The molecule has 0 unspecified atom stereocenters. The van der Waals surface area contributed by atoms with E-state index in [9.17, 15) is 0 Å².